The fourth-order valence-corrected chi connectivity index (χ4v) is 2.47. The second kappa shape index (κ2) is 9.00. The minimum atomic E-state index is -0.427. The van der Waals surface area contributed by atoms with E-state index >= 15 is 0 Å². The van der Waals surface area contributed by atoms with Crippen molar-refractivity contribution in [1.29, 1.82) is 0 Å². The van der Waals surface area contributed by atoms with Crippen molar-refractivity contribution in [2.45, 2.75) is 12.8 Å². The van der Waals surface area contributed by atoms with Crippen LogP contribution in [0.4, 0.5) is 4.39 Å². The van der Waals surface area contributed by atoms with Crippen LogP contribution in [0.25, 0.3) is 0 Å². The fraction of sp³-hybridized carbons (Fsp3) is 0.471. The molecule has 7 nitrogen and oxygen atoms in total. The lowest BCUT2D eigenvalue weighted by molar-refractivity contribution is -0.145. The largest absolute Gasteiger partial charge is 0.484 e. The highest BCUT2D eigenvalue weighted by Gasteiger charge is 2.24. The molecular weight excluding hydrogens is 331 g/mol. The summed E-state index contributed by atoms with van der Waals surface area (Å²) in [6.45, 7) is 1.43. The van der Waals surface area contributed by atoms with Crippen molar-refractivity contribution in [2.24, 2.45) is 0 Å². The Morgan fingerprint density at radius 3 is 2.28 bits per heavy atom. The Morgan fingerprint density at radius 1 is 1.04 bits per heavy atom. The molecular formula is C17H21FN2O5. The maximum Gasteiger partial charge on any atom is 0.306 e. The molecule has 0 aliphatic carbocycles. The predicted octanol–water partition coefficient (Wildman–Crippen LogP) is 0.828. The van der Waals surface area contributed by atoms with Crippen molar-refractivity contribution in [3.05, 3.63) is 30.1 Å². The second-order valence-corrected chi connectivity index (χ2v) is 5.58. The number of benzene rings is 1. The zero-order valence-corrected chi connectivity index (χ0v) is 14.1. The summed E-state index contributed by atoms with van der Waals surface area (Å²) >= 11 is 0. The number of hydrogen-bond acceptors (Lipinski definition) is 5. The van der Waals surface area contributed by atoms with E-state index in [0.29, 0.717) is 31.9 Å². The third kappa shape index (κ3) is 5.74. The van der Waals surface area contributed by atoms with Crippen LogP contribution in [-0.4, -0.2) is 67.5 Å². The number of ether oxygens (including phenoxy) is 2. The van der Waals surface area contributed by atoms with Gasteiger partial charge >= 0.3 is 5.97 Å². The number of piperazine rings is 1. The molecule has 0 bridgehead atoms. The van der Waals surface area contributed by atoms with Crippen LogP contribution in [0.1, 0.15) is 12.8 Å². The summed E-state index contributed by atoms with van der Waals surface area (Å²) in [6, 6.07) is 5.60. The topological polar surface area (TPSA) is 76.2 Å². The van der Waals surface area contributed by atoms with Crippen LogP contribution in [0, 0.1) is 5.82 Å². The van der Waals surface area contributed by atoms with Gasteiger partial charge in [-0.2, -0.15) is 0 Å². The minimum Gasteiger partial charge on any atom is -0.484 e. The first-order chi connectivity index (χ1) is 12.0. The van der Waals surface area contributed by atoms with Crippen molar-refractivity contribution >= 4 is 17.8 Å². The monoisotopic (exact) mass is 352 g/mol. The summed E-state index contributed by atoms with van der Waals surface area (Å²) in [5.74, 6) is -0.898. The van der Waals surface area contributed by atoms with Crippen LogP contribution >= 0.6 is 0 Å². The summed E-state index contributed by atoms with van der Waals surface area (Å²) < 4.78 is 22.9. The van der Waals surface area contributed by atoms with Gasteiger partial charge in [0.1, 0.15) is 11.6 Å². The van der Waals surface area contributed by atoms with E-state index in [4.69, 9.17) is 4.74 Å². The highest BCUT2D eigenvalue weighted by molar-refractivity contribution is 5.82. The Labute approximate surface area is 145 Å². The number of hydrogen-bond donors (Lipinski definition) is 0. The molecule has 25 heavy (non-hydrogen) atoms. The molecule has 1 saturated heterocycles. The molecule has 0 radical (unpaired) electrons. The standard InChI is InChI=1S/C17H21FN2O5/c1-24-17(23)6-5-15(21)19-7-9-20(10-8-19)16(22)12-25-14-4-2-3-13(18)11-14/h2-4,11H,5-10,12H2,1H3. The van der Waals surface area contributed by atoms with Crippen molar-refractivity contribution < 1.29 is 28.2 Å². The number of carbonyl (C=O) groups excluding carboxylic acids is 3. The van der Waals surface area contributed by atoms with E-state index in [1.807, 2.05) is 0 Å². The van der Waals surface area contributed by atoms with E-state index in [0.717, 1.165) is 0 Å². The van der Waals surface area contributed by atoms with Gasteiger partial charge in [-0.15, -0.1) is 0 Å². The summed E-state index contributed by atoms with van der Waals surface area (Å²) in [5.41, 5.74) is 0. The Morgan fingerprint density at radius 2 is 1.68 bits per heavy atom. The van der Waals surface area contributed by atoms with Gasteiger partial charge in [-0.25, -0.2) is 4.39 Å². The van der Waals surface area contributed by atoms with Crippen LogP contribution in [0.5, 0.6) is 5.75 Å². The number of halogens is 1. The fourth-order valence-electron chi connectivity index (χ4n) is 2.47. The van der Waals surface area contributed by atoms with Gasteiger partial charge in [0, 0.05) is 38.7 Å². The molecule has 0 spiro atoms. The lowest BCUT2D eigenvalue weighted by Gasteiger charge is -2.34. The Hall–Kier alpha value is -2.64. The van der Waals surface area contributed by atoms with Crippen LogP contribution in [0.2, 0.25) is 0 Å². The maximum atomic E-state index is 13.1. The number of amides is 2. The van der Waals surface area contributed by atoms with Crippen LogP contribution in [0.15, 0.2) is 24.3 Å². The predicted molar refractivity (Wildman–Crippen MR) is 86.3 cm³/mol. The van der Waals surface area contributed by atoms with Gasteiger partial charge in [-0.1, -0.05) is 6.07 Å². The second-order valence-electron chi connectivity index (χ2n) is 5.58. The van der Waals surface area contributed by atoms with Crippen molar-refractivity contribution in [1.82, 2.24) is 9.80 Å². The first kappa shape index (κ1) is 18.7. The summed E-state index contributed by atoms with van der Waals surface area (Å²) in [4.78, 5) is 38.4. The Bertz CT molecular complexity index is 629. The number of carbonyl (C=O) groups is 3. The number of esters is 1. The molecule has 0 saturated carbocycles. The lowest BCUT2D eigenvalue weighted by Crippen LogP contribution is -2.51. The maximum absolute atomic E-state index is 13.1. The smallest absolute Gasteiger partial charge is 0.306 e. The number of nitrogens with zero attached hydrogens (tertiary/aromatic N) is 2. The molecule has 1 aromatic rings. The molecule has 1 heterocycles. The molecule has 1 fully saturated rings. The Kier molecular flexibility index (Phi) is 6.73. The van der Waals surface area contributed by atoms with Crippen LogP contribution < -0.4 is 4.74 Å². The molecule has 2 rings (SSSR count). The molecule has 0 N–H and O–H groups in total. The normalized spacial score (nSPS) is 14.2. The van der Waals surface area contributed by atoms with E-state index < -0.39 is 11.8 Å². The highest BCUT2D eigenvalue weighted by Crippen LogP contribution is 2.12. The van der Waals surface area contributed by atoms with E-state index in [-0.39, 0.29) is 31.3 Å². The van der Waals surface area contributed by atoms with Gasteiger partial charge in [0.15, 0.2) is 6.61 Å². The van der Waals surface area contributed by atoms with Crippen LogP contribution in [0.3, 0.4) is 0 Å². The third-order valence-corrected chi connectivity index (χ3v) is 3.91. The summed E-state index contributed by atoms with van der Waals surface area (Å²) in [5, 5.41) is 0. The first-order valence-corrected chi connectivity index (χ1v) is 8.00. The number of methoxy groups -OCH3 is 1. The third-order valence-electron chi connectivity index (χ3n) is 3.91. The molecule has 8 heteroatoms. The molecule has 136 valence electrons. The summed E-state index contributed by atoms with van der Waals surface area (Å²) in [6.07, 6.45) is 0.152. The average molecular weight is 352 g/mol. The van der Waals surface area contributed by atoms with Crippen molar-refractivity contribution in [2.75, 3.05) is 39.9 Å². The Balaban J connectivity index is 1.72. The minimum absolute atomic E-state index is 0.0515. The molecule has 0 aromatic heterocycles. The zero-order valence-electron chi connectivity index (χ0n) is 14.1. The lowest BCUT2D eigenvalue weighted by atomic mass is 10.2. The van der Waals surface area contributed by atoms with Gasteiger partial charge in [0.05, 0.1) is 13.5 Å². The quantitative estimate of drug-likeness (QED) is 0.709. The van der Waals surface area contributed by atoms with E-state index in [1.165, 1.54) is 25.3 Å². The van der Waals surface area contributed by atoms with Gasteiger partial charge < -0.3 is 19.3 Å². The van der Waals surface area contributed by atoms with Crippen LogP contribution in [-0.2, 0) is 19.1 Å². The highest BCUT2D eigenvalue weighted by atomic mass is 19.1. The number of rotatable bonds is 6. The molecule has 0 unspecified atom stereocenters. The van der Waals surface area contributed by atoms with Crippen molar-refractivity contribution in [3.8, 4) is 5.75 Å². The van der Waals surface area contributed by atoms with Gasteiger partial charge in [0.2, 0.25) is 5.91 Å². The van der Waals surface area contributed by atoms with E-state index in [1.54, 1.807) is 15.9 Å². The van der Waals surface area contributed by atoms with E-state index in [2.05, 4.69) is 4.74 Å². The molecule has 1 aliphatic rings. The molecule has 1 aliphatic heterocycles. The van der Waals surface area contributed by atoms with Gasteiger partial charge in [-0.3, -0.25) is 14.4 Å². The summed E-state index contributed by atoms with van der Waals surface area (Å²) in [7, 11) is 1.28. The molecule has 0 atom stereocenters. The SMILES string of the molecule is COC(=O)CCC(=O)N1CCN(C(=O)COc2cccc(F)c2)CC1. The van der Waals surface area contributed by atoms with Gasteiger partial charge in [-0.05, 0) is 12.1 Å². The molecule has 1 aromatic carbocycles. The zero-order chi connectivity index (χ0) is 18.2. The van der Waals surface area contributed by atoms with Gasteiger partial charge in [0.25, 0.3) is 5.91 Å². The first-order valence-electron chi connectivity index (χ1n) is 8.00. The van der Waals surface area contributed by atoms with Crippen molar-refractivity contribution in [3.63, 3.8) is 0 Å². The molecule has 2 amide bonds. The average Bonchev–Trinajstić information content (AvgIpc) is 2.64. The van der Waals surface area contributed by atoms with E-state index in [9.17, 15) is 18.8 Å².